The highest BCUT2D eigenvalue weighted by Gasteiger charge is 2.38. The summed E-state index contributed by atoms with van der Waals surface area (Å²) < 4.78 is 38.3. The van der Waals surface area contributed by atoms with Crippen LogP contribution in [0.4, 0.5) is 14.6 Å². The van der Waals surface area contributed by atoms with Gasteiger partial charge in [0.25, 0.3) is 5.92 Å². The first-order chi connectivity index (χ1) is 17.1. The standard InChI is InChI=1S/C23H24ClF2N5O4S/c1-12(21(32)33)36-22-29-19(18-13(9-27)10-28-20(18)30-22)14-7-17(16(34-2)8-15(14)24)35-6-5-31-4-3-23(25,26)11-31/h7-8,12-13H,3-6,10-11H2,1-2H3,(H,32,33)(H,28,29,30). The van der Waals surface area contributed by atoms with Crippen molar-refractivity contribution in [2.45, 2.75) is 35.6 Å². The van der Waals surface area contributed by atoms with Gasteiger partial charge >= 0.3 is 5.97 Å². The topological polar surface area (TPSA) is 121 Å². The minimum Gasteiger partial charge on any atom is -0.493 e. The van der Waals surface area contributed by atoms with Crippen LogP contribution in [0, 0.1) is 11.3 Å². The molecule has 2 atom stereocenters. The van der Waals surface area contributed by atoms with Gasteiger partial charge < -0.3 is 19.9 Å². The van der Waals surface area contributed by atoms with E-state index in [2.05, 4.69) is 21.4 Å². The van der Waals surface area contributed by atoms with Gasteiger partial charge in [0, 0.05) is 43.2 Å². The van der Waals surface area contributed by atoms with E-state index in [9.17, 15) is 23.9 Å². The van der Waals surface area contributed by atoms with E-state index in [4.69, 9.17) is 21.1 Å². The lowest BCUT2D eigenvalue weighted by atomic mass is 9.98. The predicted octanol–water partition coefficient (Wildman–Crippen LogP) is 4.12. The van der Waals surface area contributed by atoms with E-state index in [-0.39, 0.29) is 29.8 Å². The molecule has 13 heteroatoms. The van der Waals surface area contributed by atoms with E-state index in [1.54, 1.807) is 17.0 Å². The van der Waals surface area contributed by atoms with Gasteiger partial charge in [-0.05, 0) is 13.0 Å². The summed E-state index contributed by atoms with van der Waals surface area (Å²) in [4.78, 5) is 22.0. The molecule has 2 N–H and O–H groups in total. The van der Waals surface area contributed by atoms with E-state index < -0.39 is 23.1 Å². The van der Waals surface area contributed by atoms with Gasteiger partial charge in [0.15, 0.2) is 16.7 Å². The number of anilines is 1. The molecule has 1 fully saturated rings. The Bertz CT molecular complexity index is 1210. The highest BCUT2D eigenvalue weighted by atomic mass is 35.5. The van der Waals surface area contributed by atoms with Crippen LogP contribution in [0.15, 0.2) is 17.3 Å². The van der Waals surface area contributed by atoms with Gasteiger partial charge in [-0.15, -0.1) is 0 Å². The van der Waals surface area contributed by atoms with Crippen molar-refractivity contribution in [3.63, 3.8) is 0 Å². The number of hydrogen-bond donors (Lipinski definition) is 2. The molecule has 4 rings (SSSR count). The van der Waals surface area contributed by atoms with Gasteiger partial charge in [-0.25, -0.2) is 18.7 Å². The lowest BCUT2D eigenvalue weighted by Crippen LogP contribution is -2.29. The number of ether oxygens (including phenoxy) is 2. The average Bonchev–Trinajstić information content (AvgIpc) is 3.41. The van der Waals surface area contributed by atoms with E-state index in [1.165, 1.54) is 14.0 Å². The Labute approximate surface area is 215 Å². The molecule has 3 heterocycles. The fourth-order valence-electron chi connectivity index (χ4n) is 4.06. The third-order valence-corrected chi connectivity index (χ3v) is 7.22. The van der Waals surface area contributed by atoms with Crippen LogP contribution in [0.1, 0.15) is 24.8 Å². The number of nitriles is 1. The SMILES string of the molecule is COc1cc(Cl)c(-c2nc(SC(C)C(=O)O)nc3c2C(C#N)CN3)cc1OCCN1CCC(F)(F)C1. The Morgan fingerprint density at radius 2 is 2.22 bits per heavy atom. The number of carbonyl (C=O) groups is 1. The zero-order valence-electron chi connectivity index (χ0n) is 19.6. The molecule has 2 unspecified atom stereocenters. The van der Waals surface area contributed by atoms with Crippen molar-refractivity contribution in [1.29, 1.82) is 5.26 Å². The molecule has 1 aromatic heterocycles. The van der Waals surface area contributed by atoms with Crippen LogP contribution in [0.25, 0.3) is 11.3 Å². The molecule has 0 spiro atoms. The number of aromatic nitrogens is 2. The first-order valence-electron chi connectivity index (χ1n) is 11.2. The van der Waals surface area contributed by atoms with Crippen LogP contribution < -0.4 is 14.8 Å². The molecule has 2 aliphatic heterocycles. The minimum absolute atomic E-state index is 0.148. The van der Waals surface area contributed by atoms with Crippen molar-refractivity contribution in [2.24, 2.45) is 0 Å². The largest absolute Gasteiger partial charge is 0.493 e. The molecule has 1 saturated heterocycles. The molecule has 2 aromatic rings. The van der Waals surface area contributed by atoms with Gasteiger partial charge in [-0.3, -0.25) is 9.69 Å². The van der Waals surface area contributed by atoms with Crippen molar-refractivity contribution < 1.29 is 28.2 Å². The predicted molar refractivity (Wildman–Crippen MR) is 130 cm³/mol. The molecule has 192 valence electrons. The van der Waals surface area contributed by atoms with Gasteiger partial charge in [0.1, 0.15) is 17.7 Å². The molecule has 2 aliphatic rings. The highest BCUT2D eigenvalue weighted by molar-refractivity contribution is 8.00. The summed E-state index contributed by atoms with van der Waals surface area (Å²) >= 11 is 7.56. The fourth-order valence-corrected chi connectivity index (χ4v) is 5.01. The maximum atomic E-state index is 13.5. The maximum Gasteiger partial charge on any atom is 0.316 e. The lowest BCUT2D eigenvalue weighted by Gasteiger charge is -2.18. The number of hydrogen-bond acceptors (Lipinski definition) is 9. The van der Waals surface area contributed by atoms with Crippen LogP contribution >= 0.6 is 23.4 Å². The van der Waals surface area contributed by atoms with Crippen LogP contribution in [0.5, 0.6) is 11.5 Å². The van der Waals surface area contributed by atoms with E-state index >= 15 is 0 Å². The van der Waals surface area contributed by atoms with E-state index in [0.29, 0.717) is 53.8 Å². The summed E-state index contributed by atoms with van der Waals surface area (Å²) in [7, 11) is 1.46. The Kier molecular flexibility index (Phi) is 7.73. The van der Waals surface area contributed by atoms with Crippen LogP contribution in [-0.2, 0) is 4.79 Å². The number of nitrogens with one attached hydrogen (secondary N) is 1. The highest BCUT2D eigenvalue weighted by Crippen LogP contribution is 2.44. The fraction of sp³-hybridized carbons (Fsp3) is 0.478. The first kappa shape index (κ1) is 26.2. The number of nitrogens with zero attached hydrogens (tertiary/aromatic N) is 4. The first-order valence-corrected chi connectivity index (χ1v) is 12.4. The summed E-state index contributed by atoms with van der Waals surface area (Å²) in [6.45, 7) is 2.31. The van der Waals surface area contributed by atoms with Crippen molar-refractivity contribution in [2.75, 3.05) is 45.2 Å². The van der Waals surface area contributed by atoms with Crippen molar-refractivity contribution >= 4 is 35.1 Å². The molecular formula is C23H24ClF2N5O4S. The normalized spacial score (nSPS) is 19.3. The van der Waals surface area contributed by atoms with Crippen LogP contribution in [0.2, 0.25) is 5.02 Å². The molecule has 36 heavy (non-hydrogen) atoms. The number of likely N-dealkylation sites (tertiary alicyclic amines) is 1. The Hall–Kier alpha value is -2.88. The number of carboxylic acid groups (broad SMARTS) is 1. The summed E-state index contributed by atoms with van der Waals surface area (Å²) in [5, 5.41) is 21.8. The number of methoxy groups -OCH3 is 1. The Balaban J connectivity index is 1.67. The second-order valence-electron chi connectivity index (χ2n) is 8.49. The number of benzene rings is 1. The number of halogens is 3. The van der Waals surface area contributed by atoms with Gasteiger partial charge in [-0.1, -0.05) is 23.4 Å². The Morgan fingerprint density at radius 1 is 1.44 bits per heavy atom. The summed E-state index contributed by atoms with van der Waals surface area (Å²) in [5.74, 6) is -3.10. The molecule has 0 aliphatic carbocycles. The maximum absolute atomic E-state index is 13.5. The minimum atomic E-state index is -2.68. The summed E-state index contributed by atoms with van der Waals surface area (Å²) in [6.07, 6.45) is -0.171. The second-order valence-corrected chi connectivity index (χ2v) is 10.2. The molecule has 0 saturated carbocycles. The van der Waals surface area contributed by atoms with Crippen molar-refractivity contribution in [3.8, 4) is 28.8 Å². The molecule has 9 nitrogen and oxygen atoms in total. The van der Waals surface area contributed by atoms with Gasteiger partial charge in [0.2, 0.25) is 0 Å². The van der Waals surface area contributed by atoms with Crippen molar-refractivity contribution in [3.05, 3.63) is 22.7 Å². The third kappa shape index (κ3) is 5.58. The van der Waals surface area contributed by atoms with Gasteiger partial charge in [0.05, 0.1) is 36.4 Å². The molecular weight excluding hydrogens is 516 g/mol. The van der Waals surface area contributed by atoms with Gasteiger partial charge in [-0.2, -0.15) is 5.26 Å². The number of fused-ring (bicyclic) bond motifs is 1. The number of alkyl halides is 2. The molecule has 0 radical (unpaired) electrons. The summed E-state index contributed by atoms with van der Waals surface area (Å²) in [5.41, 5.74) is 1.39. The Morgan fingerprint density at radius 3 is 2.86 bits per heavy atom. The monoisotopic (exact) mass is 539 g/mol. The van der Waals surface area contributed by atoms with Crippen LogP contribution in [-0.4, -0.2) is 77.0 Å². The van der Waals surface area contributed by atoms with Crippen LogP contribution in [0.3, 0.4) is 0 Å². The smallest absolute Gasteiger partial charge is 0.316 e. The van der Waals surface area contributed by atoms with E-state index in [0.717, 1.165) is 11.8 Å². The molecule has 0 amide bonds. The second kappa shape index (κ2) is 10.6. The lowest BCUT2D eigenvalue weighted by molar-refractivity contribution is -0.136. The number of carboxylic acids is 1. The van der Waals surface area contributed by atoms with E-state index in [1.807, 2.05) is 0 Å². The number of rotatable bonds is 9. The number of aliphatic carboxylic acids is 1. The zero-order valence-corrected chi connectivity index (χ0v) is 21.1. The summed E-state index contributed by atoms with van der Waals surface area (Å²) in [6, 6.07) is 5.41. The third-order valence-electron chi connectivity index (χ3n) is 5.96. The molecule has 1 aromatic carbocycles. The molecule has 0 bridgehead atoms. The zero-order chi connectivity index (χ0) is 26.0. The average molecular weight is 540 g/mol. The number of thioether (sulfide) groups is 1. The van der Waals surface area contributed by atoms with Crippen molar-refractivity contribution in [1.82, 2.24) is 14.9 Å². The quantitative estimate of drug-likeness (QED) is 0.355.